The van der Waals surface area contributed by atoms with Crippen LogP contribution in [0.3, 0.4) is 0 Å². The van der Waals surface area contributed by atoms with Gasteiger partial charge in [0.15, 0.2) is 12.0 Å². The van der Waals surface area contributed by atoms with Crippen LogP contribution in [0.4, 0.5) is 0 Å². The van der Waals surface area contributed by atoms with Crippen LogP contribution in [0.1, 0.15) is 27.0 Å². The summed E-state index contributed by atoms with van der Waals surface area (Å²) in [6.07, 6.45) is -3.44. The lowest BCUT2D eigenvalue weighted by Crippen LogP contribution is -2.67. The highest BCUT2D eigenvalue weighted by atomic mass is 31.3. The fraction of sp³-hybridized carbons (Fsp3) is 0.667. The summed E-state index contributed by atoms with van der Waals surface area (Å²) < 4.78 is 57.0. The number of ketones is 1. The first-order valence-corrected chi connectivity index (χ1v) is 14.3. The molecule has 0 aromatic carbocycles. The third kappa shape index (κ3) is 6.79. The molecular weight excluding hydrogens is 573 g/mol. The Hall–Kier alpha value is -1.40. The number of Topliss-reactive ketones (excluding diaryl/α,β-unsaturated/α-hetero) is 1. The van der Waals surface area contributed by atoms with E-state index in [1.807, 2.05) is 4.98 Å². The van der Waals surface area contributed by atoms with Gasteiger partial charge in [-0.2, -0.15) is 8.62 Å². The van der Waals surface area contributed by atoms with Crippen LogP contribution in [0.25, 0.3) is 0 Å². The molecule has 22 heteroatoms. The number of ether oxygens (including phenoxy) is 2. The standard InChI is InChI=1S/C15H25N2O17P3/c1-13(2,3)10(19)14(21)8(7-31-36(26,27)34-37(28,29)33-35(23,24)25)32-11(15(14,22)30-4)17-6-5-9(18)16-12(17)20/h5-6,8,11,21-22H,7H2,1-4H3,(H,26,27)(H,28,29)(H,16,18,20)(H2,23,24,25)/t8-,11-,14+,15-/m1/s1. The maximum atomic E-state index is 13.3. The second-order valence-corrected chi connectivity index (χ2v) is 13.0. The molecule has 37 heavy (non-hydrogen) atoms. The Morgan fingerprint density at radius 2 is 1.68 bits per heavy atom. The first-order chi connectivity index (χ1) is 16.5. The van der Waals surface area contributed by atoms with Crippen LogP contribution in [0.5, 0.6) is 0 Å². The van der Waals surface area contributed by atoms with Crippen LogP contribution >= 0.6 is 23.5 Å². The summed E-state index contributed by atoms with van der Waals surface area (Å²) in [5, 5.41) is 22.8. The molecule has 1 saturated heterocycles. The van der Waals surface area contributed by atoms with Crippen LogP contribution in [-0.2, 0) is 41.1 Å². The number of nitrogens with zero attached hydrogens (tertiary/aromatic N) is 1. The highest BCUT2D eigenvalue weighted by Crippen LogP contribution is 2.66. The molecule has 0 saturated carbocycles. The predicted octanol–water partition coefficient (Wildman–Crippen LogP) is -1.54. The lowest BCUT2D eigenvalue weighted by atomic mass is 9.73. The summed E-state index contributed by atoms with van der Waals surface area (Å²) in [5.41, 5.74) is -6.69. The molecule has 0 radical (unpaired) electrons. The van der Waals surface area contributed by atoms with Crippen molar-refractivity contribution < 1.29 is 70.9 Å². The maximum Gasteiger partial charge on any atom is 0.490 e. The fourth-order valence-electron chi connectivity index (χ4n) is 3.39. The van der Waals surface area contributed by atoms with E-state index in [0.717, 1.165) is 19.4 Å². The van der Waals surface area contributed by atoms with Crippen molar-refractivity contribution in [1.82, 2.24) is 9.55 Å². The van der Waals surface area contributed by atoms with Gasteiger partial charge < -0.3 is 39.3 Å². The van der Waals surface area contributed by atoms with E-state index in [1.54, 1.807) is 0 Å². The zero-order valence-electron chi connectivity index (χ0n) is 19.5. The minimum atomic E-state index is -5.90. The number of carbonyl (C=O) groups excluding carboxylic acids is 1. The molecule has 1 aliphatic heterocycles. The highest BCUT2D eigenvalue weighted by molar-refractivity contribution is 7.66. The molecule has 2 heterocycles. The zero-order valence-corrected chi connectivity index (χ0v) is 22.2. The van der Waals surface area contributed by atoms with Crippen LogP contribution < -0.4 is 11.2 Å². The number of aromatic nitrogens is 2. The molecule has 1 aromatic rings. The number of rotatable bonds is 10. The van der Waals surface area contributed by atoms with E-state index in [4.69, 9.17) is 19.3 Å². The van der Waals surface area contributed by atoms with Crippen molar-refractivity contribution in [2.75, 3.05) is 13.7 Å². The number of aliphatic hydroxyl groups is 2. The number of H-pyrrole nitrogens is 1. The third-order valence-corrected chi connectivity index (χ3v) is 8.69. The summed E-state index contributed by atoms with van der Waals surface area (Å²) in [6, 6.07) is 0.824. The van der Waals surface area contributed by atoms with Crippen molar-refractivity contribution >= 4 is 29.3 Å². The molecule has 0 aliphatic carbocycles. The van der Waals surface area contributed by atoms with Crippen molar-refractivity contribution in [3.63, 3.8) is 0 Å². The minimum Gasteiger partial charge on any atom is -0.375 e. The second-order valence-electron chi connectivity index (χ2n) is 8.63. The number of methoxy groups -OCH3 is 1. The van der Waals surface area contributed by atoms with E-state index in [1.165, 1.54) is 20.8 Å². The molecule has 2 rings (SSSR count). The quantitative estimate of drug-likeness (QED) is 0.119. The summed E-state index contributed by atoms with van der Waals surface area (Å²) in [7, 11) is -16.5. The summed E-state index contributed by atoms with van der Waals surface area (Å²) >= 11 is 0. The number of phosphoric ester groups is 1. The van der Waals surface area contributed by atoms with E-state index in [0.29, 0.717) is 4.57 Å². The van der Waals surface area contributed by atoms with E-state index in [9.17, 15) is 48.1 Å². The Labute approximate surface area is 207 Å². The van der Waals surface area contributed by atoms with Gasteiger partial charge in [0.05, 0.1) is 6.61 Å². The Morgan fingerprint density at radius 3 is 2.14 bits per heavy atom. The molecule has 1 fully saturated rings. The molecule has 1 aromatic heterocycles. The van der Waals surface area contributed by atoms with Crippen LogP contribution in [0.2, 0.25) is 0 Å². The monoisotopic (exact) mass is 598 g/mol. The summed E-state index contributed by atoms with van der Waals surface area (Å²) in [6.45, 7) is 2.54. The number of hydrogen-bond acceptors (Lipinski definition) is 13. The normalized spacial score (nSPS) is 30.0. The number of phosphoric acid groups is 3. The van der Waals surface area contributed by atoms with Crippen molar-refractivity contribution in [3.05, 3.63) is 33.1 Å². The number of hydrogen-bond donors (Lipinski definition) is 7. The van der Waals surface area contributed by atoms with Crippen LogP contribution in [-0.4, -0.2) is 76.3 Å². The molecule has 7 N–H and O–H groups in total. The van der Waals surface area contributed by atoms with Crippen molar-refractivity contribution in [2.45, 2.75) is 44.5 Å². The number of carbonyl (C=O) groups is 1. The molecule has 1 aliphatic rings. The van der Waals surface area contributed by atoms with Gasteiger partial charge in [-0.25, -0.2) is 18.5 Å². The molecular formula is C15H25N2O17P3. The van der Waals surface area contributed by atoms with Gasteiger partial charge in [0.25, 0.3) is 11.3 Å². The smallest absolute Gasteiger partial charge is 0.375 e. The maximum absolute atomic E-state index is 13.3. The molecule has 212 valence electrons. The van der Waals surface area contributed by atoms with Gasteiger partial charge in [0.1, 0.15) is 6.10 Å². The Bertz CT molecular complexity index is 1300. The van der Waals surface area contributed by atoms with Crippen LogP contribution in [0.15, 0.2) is 21.9 Å². The zero-order chi connectivity index (χ0) is 28.8. The highest BCUT2D eigenvalue weighted by Gasteiger charge is 2.73. The van der Waals surface area contributed by atoms with Crippen LogP contribution in [0, 0.1) is 5.41 Å². The Morgan fingerprint density at radius 1 is 1.11 bits per heavy atom. The van der Waals surface area contributed by atoms with Crippen molar-refractivity contribution in [2.24, 2.45) is 5.41 Å². The van der Waals surface area contributed by atoms with Gasteiger partial charge in [0.2, 0.25) is 5.60 Å². The number of aromatic amines is 1. The number of nitrogens with one attached hydrogen (secondary N) is 1. The van der Waals surface area contributed by atoms with Gasteiger partial charge in [-0.1, -0.05) is 20.8 Å². The fourth-order valence-corrected chi connectivity index (χ4v) is 6.41. The third-order valence-electron chi connectivity index (χ3n) is 4.89. The topological polar surface area (TPSA) is 291 Å². The van der Waals surface area contributed by atoms with Crippen molar-refractivity contribution in [3.8, 4) is 0 Å². The SMILES string of the molecule is CO[C@]1(O)[C@H](n2ccc(=O)[nH]c2=O)O[C@H](COP(=O)(O)OP(=O)(O)OP(=O)(O)O)[C@]1(O)C(=O)C(C)(C)C. The molecule has 2 unspecified atom stereocenters. The molecule has 0 bridgehead atoms. The first-order valence-electron chi connectivity index (χ1n) is 9.79. The minimum absolute atomic E-state index is 0.524. The van der Waals surface area contributed by atoms with Gasteiger partial charge in [-0.15, -0.1) is 0 Å². The van der Waals surface area contributed by atoms with Gasteiger partial charge in [0, 0.05) is 24.8 Å². The molecule has 0 spiro atoms. The molecule has 6 atom stereocenters. The Balaban J connectivity index is 2.52. The average Bonchev–Trinajstić information content (AvgIpc) is 2.91. The van der Waals surface area contributed by atoms with Crippen molar-refractivity contribution in [1.29, 1.82) is 0 Å². The van der Waals surface area contributed by atoms with E-state index < -0.39 is 76.2 Å². The largest absolute Gasteiger partial charge is 0.490 e. The predicted molar refractivity (Wildman–Crippen MR) is 116 cm³/mol. The Kier molecular flexibility index (Phi) is 8.85. The second kappa shape index (κ2) is 10.3. The van der Waals surface area contributed by atoms with Gasteiger partial charge in [-0.05, 0) is 0 Å². The lowest BCUT2D eigenvalue weighted by Gasteiger charge is -2.41. The molecule has 19 nitrogen and oxygen atoms in total. The van der Waals surface area contributed by atoms with Gasteiger partial charge in [-0.3, -0.25) is 23.7 Å². The average molecular weight is 598 g/mol. The first kappa shape index (κ1) is 31.8. The summed E-state index contributed by atoms with van der Waals surface area (Å²) in [4.78, 5) is 75.1. The van der Waals surface area contributed by atoms with E-state index in [2.05, 4.69) is 13.1 Å². The molecule has 0 amide bonds. The lowest BCUT2D eigenvalue weighted by molar-refractivity contribution is -0.291. The van der Waals surface area contributed by atoms with E-state index >= 15 is 0 Å². The van der Waals surface area contributed by atoms with Gasteiger partial charge >= 0.3 is 29.2 Å². The van der Waals surface area contributed by atoms with E-state index in [-0.39, 0.29) is 0 Å². The summed E-state index contributed by atoms with van der Waals surface area (Å²) in [5.74, 6) is -4.30.